The first-order valence-corrected chi connectivity index (χ1v) is 8.57. The van der Waals surface area contributed by atoms with Crippen molar-refractivity contribution >= 4 is 11.9 Å². The van der Waals surface area contributed by atoms with Crippen LogP contribution in [0.25, 0.3) is 0 Å². The molecule has 0 unspecified atom stereocenters. The van der Waals surface area contributed by atoms with Crippen LogP contribution in [0.5, 0.6) is 11.5 Å². The number of alkyl halides is 2. The van der Waals surface area contributed by atoms with Crippen molar-refractivity contribution in [3.8, 4) is 11.5 Å². The average Bonchev–Trinajstić information content (AvgIpc) is 2.99. The standard InChI is InChI=1S/C19H18F2N2O6/c20-19(21)28-13-8-4-7-11(16(13)29-19)14(18(26)27)23-17(25)15(24)12(22)9-10-5-2-1-3-6-10/h1-8,12,14-15,24H,9,22H2,(H,23,25)(H,26,27)/t12-,14+,15+/m1/s1. The molecule has 0 bridgehead atoms. The van der Waals surface area contributed by atoms with Gasteiger partial charge in [0.05, 0.1) is 0 Å². The first-order valence-electron chi connectivity index (χ1n) is 8.57. The van der Waals surface area contributed by atoms with E-state index in [2.05, 4.69) is 14.8 Å². The number of aliphatic hydroxyl groups is 1. The van der Waals surface area contributed by atoms with Gasteiger partial charge in [-0.25, -0.2) is 4.79 Å². The Bertz CT molecular complexity index is 909. The highest BCUT2D eigenvalue weighted by Gasteiger charge is 2.46. The third-order valence-corrected chi connectivity index (χ3v) is 4.29. The van der Waals surface area contributed by atoms with Crippen molar-refractivity contribution < 1.29 is 38.1 Å². The van der Waals surface area contributed by atoms with Gasteiger partial charge in [0.15, 0.2) is 17.5 Å². The summed E-state index contributed by atoms with van der Waals surface area (Å²) in [6.07, 6.45) is -5.52. The van der Waals surface area contributed by atoms with Crippen LogP contribution >= 0.6 is 0 Å². The van der Waals surface area contributed by atoms with Gasteiger partial charge in [0.1, 0.15) is 6.10 Å². The highest BCUT2D eigenvalue weighted by atomic mass is 19.3. The molecule has 0 radical (unpaired) electrons. The summed E-state index contributed by atoms with van der Waals surface area (Å²) < 4.78 is 35.4. The van der Waals surface area contributed by atoms with Crippen LogP contribution in [0.3, 0.4) is 0 Å². The van der Waals surface area contributed by atoms with E-state index in [1.165, 1.54) is 18.2 Å². The summed E-state index contributed by atoms with van der Waals surface area (Å²) in [5.74, 6) is -3.49. The molecular weight excluding hydrogens is 390 g/mol. The monoisotopic (exact) mass is 408 g/mol. The van der Waals surface area contributed by atoms with Crippen molar-refractivity contribution in [2.45, 2.75) is 30.9 Å². The molecule has 10 heteroatoms. The maximum absolute atomic E-state index is 13.3. The number of nitrogens with two attached hydrogens (primary N) is 1. The fourth-order valence-electron chi connectivity index (χ4n) is 2.91. The van der Waals surface area contributed by atoms with Crippen LogP contribution in [0.2, 0.25) is 0 Å². The number of para-hydroxylation sites is 1. The summed E-state index contributed by atoms with van der Waals surface area (Å²) in [6, 6.07) is 9.70. The number of carboxylic acids is 1. The van der Waals surface area contributed by atoms with Gasteiger partial charge in [-0.15, -0.1) is 8.78 Å². The Morgan fingerprint density at radius 3 is 2.45 bits per heavy atom. The van der Waals surface area contributed by atoms with E-state index in [4.69, 9.17) is 5.73 Å². The molecule has 1 aliphatic heterocycles. The summed E-state index contributed by atoms with van der Waals surface area (Å²) in [5, 5.41) is 21.8. The van der Waals surface area contributed by atoms with Crippen molar-refractivity contribution in [1.29, 1.82) is 0 Å². The first-order chi connectivity index (χ1) is 13.7. The van der Waals surface area contributed by atoms with E-state index in [9.17, 15) is 28.6 Å². The number of benzene rings is 2. The zero-order chi connectivity index (χ0) is 21.2. The van der Waals surface area contributed by atoms with Crippen LogP contribution in [-0.2, 0) is 16.0 Å². The molecule has 29 heavy (non-hydrogen) atoms. The molecular formula is C19H18F2N2O6. The second-order valence-corrected chi connectivity index (χ2v) is 6.42. The summed E-state index contributed by atoms with van der Waals surface area (Å²) in [7, 11) is 0. The van der Waals surface area contributed by atoms with Gasteiger partial charge in [0.25, 0.3) is 5.91 Å². The maximum atomic E-state index is 13.3. The van der Waals surface area contributed by atoms with Crippen molar-refractivity contribution in [1.82, 2.24) is 5.32 Å². The minimum absolute atomic E-state index is 0.164. The van der Waals surface area contributed by atoms with Crippen LogP contribution in [-0.4, -0.2) is 40.5 Å². The third-order valence-electron chi connectivity index (χ3n) is 4.29. The van der Waals surface area contributed by atoms with Crippen LogP contribution in [0.15, 0.2) is 48.5 Å². The Morgan fingerprint density at radius 2 is 1.79 bits per heavy atom. The van der Waals surface area contributed by atoms with Gasteiger partial charge in [0.2, 0.25) is 0 Å². The number of carbonyl (C=O) groups is 2. The lowest BCUT2D eigenvalue weighted by Gasteiger charge is -2.22. The average molecular weight is 408 g/mol. The van der Waals surface area contributed by atoms with E-state index in [1.54, 1.807) is 30.3 Å². The number of hydrogen-bond donors (Lipinski definition) is 4. The molecule has 8 nitrogen and oxygen atoms in total. The number of hydrogen-bond acceptors (Lipinski definition) is 6. The Hall–Kier alpha value is -3.24. The summed E-state index contributed by atoms with van der Waals surface area (Å²) in [6.45, 7) is 0. The predicted octanol–water partition coefficient (Wildman–Crippen LogP) is 1.18. The van der Waals surface area contributed by atoms with E-state index in [-0.39, 0.29) is 17.7 Å². The van der Waals surface area contributed by atoms with E-state index in [0.717, 1.165) is 5.56 Å². The summed E-state index contributed by atoms with van der Waals surface area (Å²) in [4.78, 5) is 24.0. The minimum atomic E-state index is -3.96. The molecule has 0 saturated heterocycles. The van der Waals surface area contributed by atoms with Crippen LogP contribution < -0.4 is 20.5 Å². The Kier molecular flexibility index (Phi) is 5.66. The highest BCUT2D eigenvalue weighted by Crippen LogP contribution is 2.45. The normalized spacial score (nSPS) is 17.2. The number of halogens is 2. The molecule has 2 aromatic rings. The van der Waals surface area contributed by atoms with Gasteiger partial charge in [-0.3, -0.25) is 4.79 Å². The third kappa shape index (κ3) is 4.61. The van der Waals surface area contributed by atoms with Crippen molar-refractivity contribution in [3.05, 3.63) is 59.7 Å². The molecule has 3 atom stereocenters. The van der Waals surface area contributed by atoms with E-state index >= 15 is 0 Å². The number of ether oxygens (including phenoxy) is 2. The zero-order valence-corrected chi connectivity index (χ0v) is 14.9. The van der Waals surface area contributed by atoms with Crippen LogP contribution in [0.4, 0.5) is 8.78 Å². The first kappa shape index (κ1) is 20.5. The van der Waals surface area contributed by atoms with Gasteiger partial charge in [-0.1, -0.05) is 42.5 Å². The van der Waals surface area contributed by atoms with Crippen molar-refractivity contribution in [3.63, 3.8) is 0 Å². The number of fused-ring (bicyclic) bond motifs is 1. The number of aliphatic hydroxyl groups excluding tert-OH is 1. The van der Waals surface area contributed by atoms with Gasteiger partial charge in [-0.2, -0.15) is 0 Å². The van der Waals surface area contributed by atoms with Crippen LogP contribution in [0, 0.1) is 0 Å². The molecule has 5 N–H and O–H groups in total. The lowest BCUT2D eigenvalue weighted by molar-refractivity contribution is -0.287. The molecule has 2 aromatic carbocycles. The summed E-state index contributed by atoms with van der Waals surface area (Å²) in [5.41, 5.74) is 6.38. The molecule has 1 aliphatic rings. The quantitative estimate of drug-likeness (QED) is 0.541. The van der Waals surface area contributed by atoms with E-state index < -0.39 is 42.1 Å². The van der Waals surface area contributed by atoms with Crippen molar-refractivity contribution in [2.24, 2.45) is 5.73 Å². The number of nitrogens with one attached hydrogen (secondary N) is 1. The molecule has 3 rings (SSSR count). The lowest BCUT2D eigenvalue weighted by Crippen LogP contribution is -2.49. The molecule has 0 saturated carbocycles. The van der Waals surface area contributed by atoms with E-state index in [0.29, 0.717) is 0 Å². The lowest BCUT2D eigenvalue weighted by atomic mass is 10.0. The molecule has 0 spiro atoms. The Balaban J connectivity index is 1.76. The predicted molar refractivity (Wildman–Crippen MR) is 95.3 cm³/mol. The fourth-order valence-corrected chi connectivity index (χ4v) is 2.91. The SMILES string of the molecule is N[C@H](Cc1ccccc1)[C@H](O)C(=O)N[C@H](C(=O)O)c1cccc2c1OC(F)(F)O2. The van der Waals surface area contributed by atoms with Crippen LogP contribution in [0.1, 0.15) is 17.2 Å². The minimum Gasteiger partial charge on any atom is -0.479 e. The highest BCUT2D eigenvalue weighted by molar-refractivity contribution is 5.88. The fraction of sp³-hybridized carbons (Fsp3) is 0.263. The maximum Gasteiger partial charge on any atom is 0.586 e. The number of rotatable bonds is 7. The summed E-state index contributed by atoms with van der Waals surface area (Å²) >= 11 is 0. The van der Waals surface area contributed by atoms with Crippen molar-refractivity contribution in [2.75, 3.05) is 0 Å². The smallest absolute Gasteiger partial charge is 0.479 e. The number of carboxylic acid groups (broad SMARTS) is 1. The molecule has 0 aliphatic carbocycles. The second-order valence-electron chi connectivity index (χ2n) is 6.42. The number of carbonyl (C=O) groups excluding carboxylic acids is 1. The van der Waals surface area contributed by atoms with Gasteiger partial charge in [0, 0.05) is 11.6 Å². The number of aliphatic carboxylic acids is 1. The topological polar surface area (TPSA) is 131 Å². The Morgan fingerprint density at radius 1 is 1.10 bits per heavy atom. The molecule has 0 aromatic heterocycles. The molecule has 1 amide bonds. The second kappa shape index (κ2) is 8.02. The molecule has 0 fully saturated rings. The number of amides is 1. The largest absolute Gasteiger partial charge is 0.586 e. The van der Waals surface area contributed by atoms with Gasteiger partial charge < -0.3 is 30.7 Å². The zero-order valence-electron chi connectivity index (χ0n) is 14.9. The molecule has 154 valence electrons. The van der Waals surface area contributed by atoms with Gasteiger partial charge >= 0.3 is 12.3 Å². The Labute approximate surface area is 163 Å². The van der Waals surface area contributed by atoms with E-state index in [1.807, 2.05) is 0 Å². The molecule has 1 heterocycles. The van der Waals surface area contributed by atoms with Gasteiger partial charge in [-0.05, 0) is 18.1 Å².